The lowest BCUT2D eigenvalue weighted by molar-refractivity contribution is -0.144. The molecule has 0 aliphatic carbocycles. The van der Waals surface area contributed by atoms with Gasteiger partial charge in [0.05, 0.1) is 25.6 Å². The maximum absolute atomic E-state index is 12.3. The number of carbonyl (C=O) groups is 2. The van der Waals surface area contributed by atoms with Crippen LogP contribution in [0.15, 0.2) is 24.3 Å². The quantitative estimate of drug-likeness (QED) is 0.742. The molecule has 0 spiro atoms. The maximum Gasteiger partial charge on any atom is 0.307 e. The summed E-state index contributed by atoms with van der Waals surface area (Å²) < 4.78 is 4.85. The molecule has 1 rings (SSSR count). The van der Waals surface area contributed by atoms with Crippen molar-refractivity contribution in [2.45, 2.75) is 32.8 Å². The van der Waals surface area contributed by atoms with Crippen LogP contribution >= 0.6 is 11.6 Å². The van der Waals surface area contributed by atoms with Crippen LogP contribution in [0.4, 0.5) is 0 Å². The summed E-state index contributed by atoms with van der Waals surface area (Å²) in [6.45, 7) is 4.07. The monoisotopic (exact) mass is 327 g/mol. The molecule has 0 radical (unpaired) electrons. The maximum atomic E-state index is 12.3. The first-order chi connectivity index (χ1) is 10.4. The van der Waals surface area contributed by atoms with Gasteiger partial charge in [-0.1, -0.05) is 23.7 Å². The standard InChI is InChI=1S/C16H22ClNO4/c1-3-22-16(21)8-9-18(11-12(2)19)15(20)10-13-4-6-14(17)7-5-13/h4-7,12,19H,3,8-11H2,1-2H3. The second kappa shape index (κ2) is 9.43. The predicted octanol–water partition coefficient (Wildman–Crippen LogP) is 2.05. The number of rotatable bonds is 8. The zero-order valence-corrected chi connectivity index (χ0v) is 13.7. The van der Waals surface area contributed by atoms with Crippen molar-refractivity contribution in [1.29, 1.82) is 0 Å². The fourth-order valence-corrected chi connectivity index (χ4v) is 2.11. The highest BCUT2D eigenvalue weighted by Crippen LogP contribution is 2.11. The molecular weight excluding hydrogens is 306 g/mol. The predicted molar refractivity (Wildman–Crippen MR) is 84.7 cm³/mol. The van der Waals surface area contributed by atoms with Gasteiger partial charge >= 0.3 is 5.97 Å². The molecule has 5 nitrogen and oxygen atoms in total. The molecule has 0 aromatic heterocycles. The summed E-state index contributed by atoms with van der Waals surface area (Å²) in [6.07, 6.45) is -0.337. The van der Waals surface area contributed by atoms with E-state index in [4.69, 9.17) is 16.3 Å². The van der Waals surface area contributed by atoms with Crippen molar-refractivity contribution in [3.63, 3.8) is 0 Å². The SMILES string of the molecule is CCOC(=O)CCN(CC(C)O)C(=O)Cc1ccc(Cl)cc1. The van der Waals surface area contributed by atoms with Crippen LogP contribution in [0.2, 0.25) is 5.02 Å². The van der Waals surface area contributed by atoms with Gasteiger partial charge in [0.15, 0.2) is 0 Å². The first-order valence-corrected chi connectivity index (χ1v) is 7.66. The van der Waals surface area contributed by atoms with Gasteiger partial charge in [-0.25, -0.2) is 0 Å². The molecule has 1 atom stereocenters. The van der Waals surface area contributed by atoms with Crippen LogP contribution in [0.5, 0.6) is 0 Å². The fraction of sp³-hybridized carbons (Fsp3) is 0.500. The van der Waals surface area contributed by atoms with Crippen LogP contribution in [0.1, 0.15) is 25.8 Å². The average Bonchev–Trinajstić information content (AvgIpc) is 2.45. The van der Waals surface area contributed by atoms with E-state index < -0.39 is 6.10 Å². The molecule has 0 aliphatic heterocycles. The number of hydrogen-bond donors (Lipinski definition) is 1. The lowest BCUT2D eigenvalue weighted by Crippen LogP contribution is -2.39. The van der Waals surface area contributed by atoms with E-state index in [2.05, 4.69) is 0 Å². The van der Waals surface area contributed by atoms with Gasteiger partial charge in [-0.3, -0.25) is 9.59 Å². The van der Waals surface area contributed by atoms with Crippen LogP contribution < -0.4 is 0 Å². The second-order valence-electron chi connectivity index (χ2n) is 5.05. The van der Waals surface area contributed by atoms with Crippen LogP contribution in [0, 0.1) is 0 Å². The van der Waals surface area contributed by atoms with Gasteiger partial charge in [0.1, 0.15) is 0 Å². The van der Waals surface area contributed by atoms with Crippen molar-refractivity contribution in [2.75, 3.05) is 19.7 Å². The number of esters is 1. The van der Waals surface area contributed by atoms with E-state index in [-0.39, 0.29) is 37.8 Å². The van der Waals surface area contributed by atoms with E-state index in [1.807, 2.05) is 0 Å². The van der Waals surface area contributed by atoms with Gasteiger partial charge in [0, 0.05) is 18.1 Å². The summed E-state index contributed by atoms with van der Waals surface area (Å²) >= 11 is 5.81. The molecule has 1 unspecified atom stereocenters. The summed E-state index contributed by atoms with van der Waals surface area (Å²) in [4.78, 5) is 25.2. The molecule has 1 aromatic carbocycles. The highest BCUT2D eigenvalue weighted by atomic mass is 35.5. The molecule has 1 N–H and O–H groups in total. The van der Waals surface area contributed by atoms with Crippen molar-refractivity contribution >= 4 is 23.5 Å². The summed E-state index contributed by atoms with van der Waals surface area (Å²) in [5.41, 5.74) is 0.834. The third-order valence-corrected chi connectivity index (χ3v) is 3.25. The minimum absolute atomic E-state index is 0.118. The smallest absolute Gasteiger partial charge is 0.307 e. The Morgan fingerprint density at radius 2 is 1.95 bits per heavy atom. The molecule has 0 fully saturated rings. The molecule has 0 bridgehead atoms. The summed E-state index contributed by atoms with van der Waals surface area (Å²) in [5.74, 6) is -0.495. The number of amides is 1. The largest absolute Gasteiger partial charge is 0.466 e. The summed E-state index contributed by atoms with van der Waals surface area (Å²) in [6, 6.07) is 7.02. The number of aliphatic hydroxyl groups is 1. The number of halogens is 1. The van der Waals surface area contributed by atoms with Gasteiger partial charge in [-0.2, -0.15) is 0 Å². The third-order valence-electron chi connectivity index (χ3n) is 3.00. The zero-order valence-electron chi connectivity index (χ0n) is 12.9. The van der Waals surface area contributed by atoms with E-state index in [0.29, 0.717) is 11.6 Å². The highest BCUT2D eigenvalue weighted by Gasteiger charge is 2.17. The Balaban J connectivity index is 2.63. The summed E-state index contributed by atoms with van der Waals surface area (Å²) in [7, 11) is 0. The molecule has 1 amide bonds. The first kappa shape index (κ1) is 18.5. The van der Waals surface area contributed by atoms with E-state index in [1.165, 1.54) is 4.90 Å². The molecular formula is C16H22ClNO4. The first-order valence-electron chi connectivity index (χ1n) is 7.28. The van der Waals surface area contributed by atoms with Crippen LogP contribution in [0.25, 0.3) is 0 Å². The number of hydrogen-bond acceptors (Lipinski definition) is 4. The van der Waals surface area contributed by atoms with E-state index in [9.17, 15) is 14.7 Å². The van der Waals surface area contributed by atoms with Crippen LogP contribution in [-0.2, 0) is 20.7 Å². The Morgan fingerprint density at radius 3 is 2.50 bits per heavy atom. The molecule has 0 heterocycles. The van der Waals surface area contributed by atoms with Crippen LogP contribution in [-0.4, -0.2) is 47.7 Å². The molecule has 0 saturated carbocycles. The van der Waals surface area contributed by atoms with Crippen LogP contribution in [0.3, 0.4) is 0 Å². The van der Waals surface area contributed by atoms with Crippen molar-refractivity contribution in [3.8, 4) is 0 Å². The zero-order chi connectivity index (χ0) is 16.5. The van der Waals surface area contributed by atoms with Crippen molar-refractivity contribution in [1.82, 2.24) is 4.90 Å². The molecule has 6 heteroatoms. The van der Waals surface area contributed by atoms with E-state index in [0.717, 1.165) is 5.56 Å². The second-order valence-corrected chi connectivity index (χ2v) is 5.48. The number of ether oxygens (including phenoxy) is 1. The van der Waals surface area contributed by atoms with Gasteiger partial charge in [-0.15, -0.1) is 0 Å². The minimum Gasteiger partial charge on any atom is -0.466 e. The number of nitrogens with zero attached hydrogens (tertiary/aromatic N) is 1. The molecule has 22 heavy (non-hydrogen) atoms. The number of aliphatic hydroxyl groups excluding tert-OH is 1. The minimum atomic E-state index is -0.656. The Kier molecular flexibility index (Phi) is 7.91. The molecule has 0 saturated heterocycles. The third kappa shape index (κ3) is 6.91. The Labute approximate surface area is 135 Å². The lowest BCUT2D eigenvalue weighted by atomic mass is 10.1. The topological polar surface area (TPSA) is 66.8 Å². The normalized spacial score (nSPS) is 11.8. The highest BCUT2D eigenvalue weighted by molar-refractivity contribution is 6.30. The average molecular weight is 328 g/mol. The van der Waals surface area contributed by atoms with Gasteiger partial charge in [0.25, 0.3) is 0 Å². The fourth-order valence-electron chi connectivity index (χ4n) is 1.98. The Hall–Kier alpha value is -1.59. The number of benzene rings is 1. The Bertz CT molecular complexity index is 487. The lowest BCUT2D eigenvalue weighted by Gasteiger charge is -2.24. The van der Waals surface area contributed by atoms with Gasteiger partial charge in [-0.05, 0) is 31.5 Å². The van der Waals surface area contributed by atoms with Gasteiger partial charge < -0.3 is 14.7 Å². The molecule has 122 valence electrons. The van der Waals surface area contributed by atoms with Crippen molar-refractivity contribution < 1.29 is 19.4 Å². The van der Waals surface area contributed by atoms with Crippen molar-refractivity contribution in [3.05, 3.63) is 34.9 Å². The van der Waals surface area contributed by atoms with E-state index >= 15 is 0 Å². The van der Waals surface area contributed by atoms with E-state index in [1.54, 1.807) is 38.1 Å². The van der Waals surface area contributed by atoms with Gasteiger partial charge in [0.2, 0.25) is 5.91 Å². The molecule has 0 aliphatic rings. The Morgan fingerprint density at radius 1 is 1.32 bits per heavy atom. The number of carbonyl (C=O) groups excluding carboxylic acids is 2. The molecule has 1 aromatic rings. The summed E-state index contributed by atoms with van der Waals surface area (Å²) in [5, 5.41) is 10.1. The van der Waals surface area contributed by atoms with Crippen molar-refractivity contribution in [2.24, 2.45) is 0 Å².